The number of nitrogens with one attached hydrogen (secondary N) is 3. The van der Waals surface area contributed by atoms with Gasteiger partial charge in [-0.3, -0.25) is 14.2 Å². The topological polar surface area (TPSA) is 118 Å². The van der Waals surface area contributed by atoms with Crippen molar-refractivity contribution < 1.29 is 31.8 Å². The first-order valence-electron chi connectivity index (χ1n) is 11.0. The highest BCUT2D eigenvalue weighted by Crippen LogP contribution is 2.38. The summed E-state index contributed by atoms with van der Waals surface area (Å²) in [5, 5.41) is 12.6. The maximum Gasteiger partial charge on any atom is 0.522 e. The van der Waals surface area contributed by atoms with Gasteiger partial charge in [0.15, 0.2) is 5.82 Å². The van der Waals surface area contributed by atoms with Gasteiger partial charge in [0.25, 0.3) is 0 Å². The maximum absolute atomic E-state index is 14.5. The number of carbonyl (C=O) groups is 1. The molecule has 1 fully saturated rings. The quantitative estimate of drug-likeness (QED) is 0.416. The highest BCUT2D eigenvalue weighted by molar-refractivity contribution is 5.67. The van der Waals surface area contributed by atoms with Crippen molar-refractivity contribution in [3.05, 3.63) is 35.4 Å². The van der Waals surface area contributed by atoms with Gasteiger partial charge in [-0.25, -0.2) is 19.2 Å². The van der Waals surface area contributed by atoms with Crippen LogP contribution in [-0.2, 0) is 16.1 Å². The molecule has 0 radical (unpaired) electrons. The zero-order valence-electron chi connectivity index (χ0n) is 19.2. The second-order valence-electron chi connectivity index (χ2n) is 8.69. The number of nitrogens with zero attached hydrogens (tertiary/aromatic N) is 4. The number of anilines is 2. The molecule has 0 saturated heterocycles. The number of H-pyrrole nitrogens is 1. The Labute approximate surface area is 197 Å². The summed E-state index contributed by atoms with van der Waals surface area (Å²) in [6.45, 7) is 4.55. The van der Waals surface area contributed by atoms with E-state index in [1.807, 2.05) is 0 Å². The van der Waals surface area contributed by atoms with Gasteiger partial charge in [-0.2, -0.15) is 5.10 Å². The van der Waals surface area contributed by atoms with E-state index in [4.69, 9.17) is 4.74 Å². The van der Waals surface area contributed by atoms with Gasteiger partial charge in [0, 0.05) is 41.7 Å². The van der Waals surface area contributed by atoms with Crippen LogP contribution >= 0.6 is 0 Å². The number of carbonyl (C=O) groups excluding carboxylic acids is 1. The number of fused-ring (bicyclic) bond motifs is 1. The Morgan fingerprint density at radius 2 is 2.11 bits per heavy atom. The smallest absolute Gasteiger partial charge is 0.443 e. The van der Waals surface area contributed by atoms with Gasteiger partial charge in [-0.1, -0.05) is 0 Å². The van der Waals surface area contributed by atoms with Crippen molar-refractivity contribution in [3.8, 4) is 0 Å². The van der Waals surface area contributed by atoms with Crippen LogP contribution in [0.15, 0.2) is 18.5 Å². The molecule has 3 aromatic heterocycles. The average Bonchev–Trinajstić information content (AvgIpc) is 3.47. The SMILES string of the molecule is Cc1cnc(Nc2cc([C@H]3C[C@@H](F)[C@@H](OC(=O)NC(C)C)C3)[nH]n2)n2cc(COC(F)(F)F)nc12. The first-order valence-corrected chi connectivity index (χ1v) is 11.0. The fourth-order valence-electron chi connectivity index (χ4n) is 3.92. The molecule has 14 heteroatoms. The van der Waals surface area contributed by atoms with E-state index in [2.05, 4.69) is 35.5 Å². The second-order valence-corrected chi connectivity index (χ2v) is 8.69. The molecule has 0 unspecified atom stereocenters. The molecule has 1 saturated carbocycles. The minimum absolute atomic E-state index is 0.0803. The highest BCUT2D eigenvalue weighted by atomic mass is 19.4. The molecule has 190 valence electrons. The van der Waals surface area contributed by atoms with Gasteiger partial charge in [0.1, 0.15) is 17.9 Å². The summed E-state index contributed by atoms with van der Waals surface area (Å²) in [6, 6.07) is 1.57. The lowest BCUT2D eigenvalue weighted by Gasteiger charge is -2.16. The number of aromatic nitrogens is 5. The standard InChI is InChI=1S/C21H25F4N7O3/c1-10(2)27-20(33)35-16-5-12(4-14(16)22)15-6-17(31-30-15)29-19-26-7-11(3)18-28-13(8-32(18)19)9-34-21(23,24)25/h6-8,10,12,14,16H,4-5,9H2,1-3H3,(H,27,33)(H2,26,29,30,31)/t12-,14+,16-/m0/s1. The largest absolute Gasteiger partial charge is 0.522 e. The van der Waals surface area contributed by atoms with Crippen LogP contribution in [0.3, 0.4) is 0 Å². The summed E-state index contributed by atoms with van der Waals surface area (Å²) in [6.07, 6.45) is -4.21. The normalized spacial score (nSPS) is 20.5. The summed E-state index contributed by atoms with van der Waals surface area (Å²) in [4.78, 5) is 20.3. The monoisotopic (exact) mass is 499 g/mol. The van der Waals surface area contributed by atoms with Crippen LogP contribution in [0.2, 0.25) is 0 Å². The number of imidazole rings is 1. The first kappa shape index (κ1) is 24.7. The van der Waals surface area contributed by atoms with Gasteiger partial charge in [-0.05, 0) is 33.6 Å². The molecule has 3 heterocycles. The van der Waals surface area contributed by atoms with Gasteiger partial charge in [-0.15, -0.1) is 13.2 Å². The van der Waals surface area contributed by atoms with Gasteiger partial charge < -0.3 is 15.4 Å². The van der Waals surface area contributed by atoms with Gasteiger partial charge >= 0.3 is 12.5 Å². The summed E-state index contributed by atoms with van der Waals surface area (Å²) >= 11 is 0. The number of ether oxygens (including phenoxy) is 2. The molecule has 1 aliphatic carbocycles. The Morgan fingerprint density at radius 1 is 1.34 bits per heavy atom. The molecule has 3 atom stereocenters. The number of hydrogen-bond acceptors (Lipinski definition) is 7. The summed E-state index contributed by atoms with van der Waals surface area (Å²) in [5.41, 5.74) is 1.80. The molecule has 0 bridgehead atoms. The lowest BCUT2D eigenvalue weighted by atomic mass is 10.0. The van der Waals surface area contributed by atoms with Crippen molar-refractivity contribution in [2.45, 2.75) is 70.8 Å². The Hall–Kier alpha value is -3.42. The number of aromatic amines is 1. The van der Waals surface area contributed by atoms with E-state index >= 15 is 0 Å². The third-order valence-corrected chi connectivity index (χ3v) is 5.47. The second kappa shape index (κ2) is 9.68. The molecular weight excluding hydrogens is 474 g/mol. The molecule has 3 aromatic rings. The third kappa shape index (κ3) is 5.99. The number of alkyl carbamates (subject to hydrolysis) is 1. The van der Waals surface area contributed by atoms with E-state index < -0.39 is 31.3 Å². The molecule has 0 spiro atoms. The summed E-state index contributed by atoms with van der Waals surface area (Å²) in [5.74, 6) is 0.405. The lowest BCUT2D eigenvalue weighted by Crippen LogP contribution is -2.35. The van der Waals surface area contributed by atoms with Crippen molar-refractivity contribution in [2.24, 2.45) is 0 Å². The van der Waals surface area contributed by atoms with Crippen LogP contribution in [0.1, 0.15) is 49.6 Å². The Balaban J connectivity index is 1.45. The number of alkyl halides is 4. The Morgan fingerprint density at radius 3 is 2.83 bits per heavy atom. The molecule has 1 aliphatic rings. The van der Waals surface area contributed by atoms with E-state index in [0.29, 0.717) is 29.1 Å². The number of halogens is 4. The van der Waals surface area contributed by atoms with E-state index in [1.165, 1.54) is 16.8 Å². The Bertz CT molecular complexity index is 1190. The van der Waals surface area contributed by atoms with Crippen LogP contribution in [-0.4, -0.2) is 55.3 Å². The zero-order chi connectivity index (χ0) is 25.3. The molecule has 4 rings (SSSR count). The summed E-state index contributed by atoms with van der Waals surface area (Å²) < 4.78 is 62.2. The van der Waals surface area contributed by atoms with Crippen LogP contribution < -0.4 is 10.6 Å². The molecule has 10 nitrogen and oxygen atoms in total. The minimum Gasteiger partial charge on any atom is -0.443 e. The predicted octanol–water partition coefficient (Wildman–Crippen LogP) is 4.26. The van der Waals surface area contributed by atoms with E-state index in [0.717, 1.165) is 0 Å². The minimum atomic E-state index is -4.77. The summed E-state index contributed by atoms with van der Waals surface area (Å²) in [7, 11) is 0. The van der Waals surface area contributed by atoms with E-state index in [-0.39, 0.29) is 30.0 Å². The van der Waals surface area contributed by atoms with Crippen LogP contribution in [0, 0.1) is 6.92 Å². The molecule has 3 N–H and O–H groups in total. The van der Waals surface area contributed by atoms with Crippen molar-refractivity contribution in [2.75, 3.05) is 5.32 Å². The van der Waals surface area contributed by atoms with Crippen molar-refractivity contribution in [3.63, 3.8) is 0 Å². The fraction of sp³-hybridized carbons (Fsp3) is 0.524. The fourth-order valence-corrected chi connectivity index (χ4v) is 3.92. The molecular formula is C21H25F4N7O3. The van der Waals surface area contributed by atoms with Crippen molar-refractivity contribution in [1.29, 1.82) is 0 Å². The zero-order valence-corrected chi connectivity index (χ0v) is 19.2. The van der Waals surface area contributed by atoms with Crippen LogP contribution in [0.5, 0.6) is 0 Å². The molecule has 35 heavy (non-hydrogen) atoms. The van der Waals surface area contributed by atoms with Crippen molar-refractivity contribution >= 4 is 23.5 Å². The maximum atomic E-state index is 14.5. The van der Waals surface area contributed by atoms with Crippen molar-refractivity contribution in [1.82, 2.24) is 29.9 Å². The predicted molar refractivity (Wildman–Crippen MR) is 116 cm³/mol. The molecule has 0 aromatic carbocycles. The van der Waals surface area contributed by atoms with Crippen LogP contribution in [0.4, 0.5) is 34.1 Å². The third-order valence-electron chi connectivity index (χ3n) is 5.47. The van der Waals surface area contributed by atoms with Gasteiger partial charge in [0.05, 0.1) is 12.3 Å². The number of rotatable bonds is 7. The number of aryl methyl sites for hydroxylation is 1. The van der Waals surface area contributed by atoms with Gasteiger partial charge in [0.2, 0.25) is 5.95 Å². The van der Waals surface area contributed by atoms with E-state index in [9.17, 15) is 22.4 Å². The van der Waals surface area contributed by atoms with E-state index in [1.54, 1.807) is 26.8 Å². The van der Waals surface area contributed by atoms with Crippen LogP contribution in [0.25, 0.3) is 5.65 Å². The molecule has 1 amide bonds. The number of amides is 1. The highest BCUT2D eigenvalue weighted by Gasteiger charge is 2.39. The molecule has 0 aliphatic heterocycles. The lowest BCUT2D eigenvalue weighted by molar-refractivity contribution is -0.330. The Kier molecular flexibility index (Phi) is 6.83. The average molecular weight is 499 g/mol. The first-order chi connectivity index (χ1) is 16.5. The number of hydrogen-bond donors (Lipinski definition) is 3.